The number of aromatic nitrogens is 1. The highest BCUT2D eigenvalue weighted by Gasteiger charge is 2.26. The van der Waals surface area contributed by atoms with Gasteiger partial charge in [0.25, 0.3) is 5.91 Å². The van der Waals surface area contributed by atoms with E-state index in [0.29, 0.717) is 5.57 Å². The van der Waals surface area contributed by atoms with E-state index in [-0.39, 0.29) is 5.91 Å². The molecule has 20 heavy (non-hydrogen) atoms. The zero-order valence-electron chi connectivity index (χ0n) is 11.0. The number of aryl methyl sites for hydroxylation is 2. The number of carbonyl (C=O) groups is 1. The highest BCUT2D eigenvalue weighted by molar-refractivity contribution is 9.11. The fourth-order valence-electron chi connectivity index (χ4n) is 2.40. The molecule has 2 N–H and O–H groups in total. The molecule has 0 bridgehead atoms. The van der Waals surface area contributed by atoms with Crippen molar-refractivity contribution in [2.24, 2.45) is 0 Å². The number of rotatable bonds is 1. The highest BCUT2D eigenvalue weighted by Crippen LogP contribution is 2.40. The van der Waals surface area contributed by atoms with Gasteiger partial charge < -0.3 is 10.3 Å². The lowest BCUT2D eigenvalue weighted by molar-refractivity contribution is -0.110. The van der Waals surface area contributed by atoms with E-state index < -0.39 is 0 Å². The van der Waals surface area contributed by atoms with Gasteiger partial charge >= 0.3 is 0 Å². The number of nitrogens with one attached hydrogen (secondary N) is 2. The van der Waals surface area contributed by atoms with E-state index in [9.17, 15) is 4.79 Å². The van der Waals surface area contributed by atoms with Crippen LogP contribution in [-0.2, 0) is 4.79 Å². The van der Waals surface area contributed by atoms with Crippen molar-refractivity contribution in [1.82, 2.24) is 4.98 Å². The number of anilines is 1. The Bertz CT molecular complexity index is 759. The molecule has 2 aromatic rings. The summed E-state index contributed by atoms with van der Waals surface area (Å²) >= 11 is 6.94. The van der Waals surface area contributed by atoms with Gasteiger partial charge in [-0.2, -0.15) is 0 Å². The molecule has 0 aliphatic carbocycles. The third-order valence-corrected chi connectivity index (χ3v) is 4.39. The van der Waals surface area contributed by atoms with Gasteiger partial charge in [0.1, 0.15) is 0 Å². The van der Waals surface area contributed by atoms with Crippen LogP contribution in [-0.4, -0.2) is 10.9 Å². The van der Waals surface area contributed by atoms with E-state index in [1.54, 1.807) is 0 Å². The molecule has 0 saturated carbocycles. The molecular formula is C15H12Br2N2O. The monoisotopic (exact) mass is 394 g/mol. The van der Waals surface area contributed by atoms with E-state index in [2.05, 4.69) is 48.2 Å². The van der Waals surface area contributed by atoms with Crippen LogP contribution in [0.4, 0.5) is 5.69 Å². The molecule has 3 nitrogen and oxygen atoms in total. The summed E-state index contributed by atoms with van der Waals surface area (Å²) in [6.07, 6.45) is 1.91. The Labute approximate surface area is 133 Å². The minimum Gasteiger partial charge on any atom is -0.359 e. The molecule has 2 heterocycles. The maximum atomic E-state index is 12.2. The van der Waals surface area contributed by atoms with Gasteiger partial charge in [0.15, 0.2) is 0 Å². The molecule has 0 unspecified atom stereocenters. The Morgan fingerprint density at radius 3 is 2.55 bits per heavy atom. The van der Waals surface area contributed by atoms with E-state index >= 15 is 0 Å². The molecule has 102 valence electrons. The van der Waals surface area contributed by atoms with Crippen LogP contribution >= 0.6 is 31.9 Å². The second-order valence-corrected chi connectivity index (χ2v) is 6.64. The van der Waals surface area contributed by atoms with Crippen LogP contribution in [0, 0.1) is 13.8 Å². The van der Waals surface area contributed by atoms with Crippen molar-refractivity contribution < 1.29 is 4.79 Å². The number of H-pyrrole nitrogens is 1. The average molecular weight is 396 g/mol. The average Bonchev–Trinajstić information content (AvgIpc) is 2.82. The fraction of sp³-hybridized carbons (Fsp3) is 0.133. The number of aromatic amines is 1. The SMILES string of the molecule is Cc1cc(C)c(C=C2C(=O)Nc3c(Br)cc(Br)cc32)[nH]1. The molecule has 0 radical (unpaired) electrons. The largest absolute Gasteiger partial charge is 0.359 e. The van der Waals surface area contributed by atoms with E-state index in [0.717, 1.165) is 37.1 Å². The van der Waals surface area contributed by atoms with Crippen LogP contribution < -0.4 is 5.32 Å². The Hall–Kier alpha value is -1.33. The Morgan fingerprint density at radius 1 is 1.15 bits per heavy atom. The predicted molar refractivity (Wildman–Crippen MR) is 88.6 cm³/mol. The standard InChI is InChI=1S/C15H12Br2N2O/c1-7-3-8(2)18-13(7)6-11-10-4-9(16)5-12(17)14(10)19-15(11)20/h3-6,18H,1-2H3,(H,19,20). The van der Waals surface area contributed by atoms with Gasteiger partial charge in [-0.3, -0.25) is 4.79 Å². The fourth-order valence-corrected chi connectivity index (χ4v) is 3.73. The minimum atomic E-state index is -0.0783. The molecule has 1 aliphatic heterocycles. The van der Waals surface area contributed by atoms with Gasteiger partial charge in [0.05, 0.1) is 11.3 Å². The first-order valence-corrected chi connectivity index (χ1v) is 7.73. The molecule has 0 saturated heterocycles. The Morgan fingerprint density at radius 2 is 1.90 bits per heavy atom. The molecule has 1 amide bonds. The summed E-state index contributed by atoms with van der Waals surface area (Å²) < 4.78 is 1.81. The zero-order valence-corrected chi connectivity index (χ0v) is 14.1. The molecule has 1 aromatic heterocycles. The molecule has 1 aliphatic rings. The van der Waals surface area contributed by atoms with E-state index in [4.69, 9.17) is 0 Å². The first-order valence-electron chi connectivity index (χ1n) is 6.14. The minimum absolute atomic E-state index is 0.0783. The number of amides is 1. The van der Waals surface area contributed by atoms with Gasteiger partial charge in [-0.1, -0.05) is 15.9 Å². The maximum absolute atomic E-state index is 12.2. The van der Waals surface area contributed by atoms with Crippen molar-refractivity contribution in [2.75, 3.05) is 5.32 Å². The number of halogens is 2. The topological polar surface area (TPSA) is 44.9 Å². The summed E-state index contributed by atoms with van der Waals surface area (Å²) in [5.41, 5.74) is 5.59. The van der Waals surface area contributed by atoms with Crippen LogP contribution in [0.3, 0.4) is 0 Å². The highest BCUT2D eigenvalue weighted by atomic mass is 79.9. The lowest BCUT2D eigenvalue weighted by Crippen LogP contribution is -2.04. The molecule has 3 rings (SSSR count). The van der Waals surface area contributed by atoms with Crippen LogP contribution in [0.1, 0.15) is 22.5 Å². The van der Waals surface area contributed by atoms with Crippen LogP contribution in [0.5, 0.6) is 0 Å². The van der Waals surface area contributed by atoms with Crippen molar-refractivity contribution >= 4 is 55.1 Å². The van der Waals surface area contributed by atoms with Crippen molar-refractivity contribution in [1.29, 1.82) is 0 Å². The molecule has 0 spiro atoms. The predicted octanol–water partition coefficient (Wildman–Crippen LogP) is 4.65. The van der Waals surface area contributed by atoms with E-state index in [1.165, 1.54) is 0 Å². The summed E-state index contributed by atoms with van der Waals surface area (Å²) in [5.74, 6) is -0.0783. The first-order chi connectivity index (χ1) is 9.45. The molecule has 5 heteroatoms. The molecule has 0 atom stereocenters. The normalized spacial score (nSPS) is 15.6. The quantitative estimate of drug-likeness (QED) is 0.678. The number of carbonyl (C=O) groups excluding carboxylic acids is 1. The maximum Gasteiger partial charge on any atom is 0.256 e. The second-order valence-electron chi connectivity index (χ2n) is 4.87. The van der Waals surface area contributed by atoms with Crippen molar-refractivity contribution in [3.05, 3.63) is 49.7 Å². The lowest BCUT2D eigenvalue weighted by Gasteiger charge is -2.02. The summed E-state index contributed by atoms with van der Waals surface area (Å²) in [6.45, 7) is 4.03. The third-order valence-electron chi connectivity index (χ3n) is 3.31. The van der Waals surface area contributed by atoms with Gasteiger partial charge in [-0.05, 0) is 59.6 Å². The van der Waals surface area contributed by atoms with Crippen LogP contribution in [0.15, 0.2) is 27.1 Å². The number of fused-ring (bicyclic) bond motifs is 1. The lowest BCUT2D eigenvalue weighted by atomic mass is 10.1. The zero-order chi connectivity index (χ0) is 14.4. The van der Waals surface area contributed by atoms with E-state index in [1.807, 2.05) is 32.1 Å². The summed E-state index contributed by atoms with van der Waals surface area (Å²) in [5, 5.41) is 2.90. The molecule has 1 aromatic carbocycles. The number of hydrogen-bond donors (Lipinski definition) is 2. The Kier molecular flexibility index (Phi) is 3.34. The van der Waals surface area contributed by atoms with Gasteiger partial charge in [0.2, 0.25) is 0 Å². The van der Waals surface area contributed by atoms with Crippen LogP contribution in [0.25, 0.3) is 11.6 Å². The summed E-state index contributed by atoms with van der Waals surface area (Å²) in [6, 6.07) is 5.94. The van der Waals surface area contributed by atoms with Gasteiger partial charge in [-0.25, -0.2) is 0 Å². The van der Waals surface area contributed by atoms with Crippen molar-refractivity contribution in [3.63, 3.8) is 0 Å². The smallest absolute Gasteiger partial charge is 0.256 e. The van der Waals surface area contributed by atoms with Crippen molar-refractivity contribution in [3.8, 4) is 0 Å². The third kappa shape index (κ3) is 2.25. The van der Waals surface area contributed by atoms with Crippen LogP contribution in [0.2, 0.25) is 0 Å². The van der Waals surface area contributed by atoms with Crippen molar-refractivity contribution in [2.45, 2.75) is 13.8 Å². The van der Waals surface area contributed by atoms with Gasteiger partial charge in [0, 0.05) is 25.9 Å². The molecular weight excluding hydrogens is 384 g/mol. The summed E-state index contributed by atoms with van der Waals surface area (Å²) in [7, 11) is 0. The summed E-state index contributed by atoms with van der Waals surface area (Å²) in [4.78, 5) is 15.5. The second kappa shape index (κ2) is 4.90. The Balaban J connectivity index is 2.17. The molecule has 0 fully saturated rings. The number of benzene rings is 1. The number of hydrogen-bond acceptors (Lipinski definition) is 1. The first kappa shape index (κ1) is 13.6. The van der Waals surface area contributed by atoms with Gasteiger partial charge in [-0.15, -0.1) is 0 Å².